The van der Waals surface area contributed by atoms with Crippen LogP contribution < -0.4 is 19.3 Å². The molecule has 0 amide bonds. The Kier molecular flexibility index (Phi) is 8.34. The van der Waals surface area contributed by atoms with Crippen molar-refractivity contribution in [2.75, 3.05) is 9.80 Å². The first-order chi connectivity index (χ1) is 29.3. The first-order valence-electron chi connectivity index (χ1n) is 20.0. The van der Waals surface area contributed by atoms with Gasteiger partial charge in [0.25, 0.3) is 0 Å². The van der Waals surface area contributed by atoms with Gasteiger partial charge in [0.05, 0.1) is 5.41 Å². The minimum atomic E-state index is -0.688. The molecule has 280 valence electrons. The van der Waals surface area contributed by atoms with E-state index in [0.717, 1.165) is 67.7 Å². The van der Waals surface area contributed by atoms with Gasteiger partial charge in [0.2, 0.25) is 0 Å². The second kappa shape index (κ2) is 14.3. The number of rotatable bonds is 8. The van der Waals surface area contributed by atoms with E-state index >= 15 is 0 Å². The average molecular weight is 759 g/mol. The van der Waals surface area contributed by atoms with Gasteiger partial charge in [-0.25, -0.2) is 0 Å². The van der Waals surface area contributed by atoms with Crippen molar-refractivity contribution in [1.29, 1.82) is 0 Å². The van der Waals surface area contributed by atoms with Gasteiger partial charge in [-0.2, -0.15) is 0 Å². The minimum absolute atomic E-state index is 0.688. The third kappa shape index (κ3) is 5.68. The number of nitrogens with zero attached hydrogens (tertiary/aromatic N) is 2. The molecule has 1 aliphatic heterocycles. The number of anilines is 6. The molecule has 4 heteroatoms. The number of fused-ring (bicyclic) bond motifs is 6. The first kappa shape index (κ1) is 34.4. The molecule has 0 atom stereocenters. The van der Waals surface area contributed by atoms with Crippen LogP contribution in [0.5, 0.6) is 23.0 Å². The van der Waals surface area contributed by atoms with E-state index in [1.54, 1.807) is 0 Å². The van der Waals surface area contributed by atoms with Gasteiger partial charge >= 0.3 is 0 Å². The normalized spacial score (nSPS) is 12.8. The highest BCUT2D eigenvalue weighted by Gasteiger charge is 2.48. The lowest BCUT2D eigenvalue weighted by Crippen LogP contribution is -2.28. The van der Waals surface area contributed by atoms with Crippen molar-refractivity contribution < 1.29 is 9.47 Å². The van der Waals surface area contributed by atoms with Crippen LogP contribution in [0.2, 0.25) is 0 Å². The summed E-state index contributed by atoms with van der Waals surface area (Å²) < 4.78 is 13.3. The van der Waals surface area contributed by atoms with Gasteiger partial charge < -0.3 is 19.3 Å². The Morgan fingerprint density at radius 1 is 0.288 bits per heavy atom. The van der Waals surface area contributed by atoms with Gasteiger partial charge in [0.15, 0.2) is 23.0 Å². The Morgan fingerprint density at radius 2 is 0.678 bits per heavy atom. The van der Waals surface area contributed by atoms with Crippen molar-refractivity contribution in [3.8, 4) is 34.1 Å². The van der Waals surface area contributed by atoms with Crippen LogP contribution in [0.1, 0.15) is 22.3 Å². The van der Waals surface area contributed by atoms with Crippen molar-refractivity contribution in [3.05, 3.63) is 253 Å². The summed E-state index contributed by atoms with van der Waals surface area (Å²) in [5, 5.41) is 0. The van der Waals surface area contributed by atoms with Gasteiger partial charge in [-0.15, -0.1) is 0 Å². The zero-order valence-corrected chi connectivity index (χ0v) is 32.2. The van der Waals surface area contributed by atoms with Crippen LogP contribution in [0.25, 0.3) is 11.1 Å². The standard InChI is InChI=1S/C55H38N2O2/c1-5-17-41(18-6-1)56(42-19-7-2-8-20-42)45-33-29-39(30-34-45)55(40-31-35-46(36-32-40)57(43-21-9-3-10-22-43)44-23-11-4-12-24-44)48-26-14-13-25-47(48)53-49(55)37-38-52-54(53)59-51-28-16-15-27-50(51)58-52/h1-38H. The molecule has 11 rings (SSSR count). The maximum Gasteiger partial charge on any atom is 0.178 e. The van der Waals surface area contributed by atoms with Crippen molar-refractivity contribution in [3.63, 3.8) is 0 Å². The van der Waals surface area contributed by atoms with E-state index in [-0.39, 0.29) is 0 Å². The lowest BCUT2D eigenvalue weighted by atomic mass is 9.67. The molecular formula is C55H38N2O2. The average Bonchev–Trinajstić information content (AvgIpc) is 3.62. The Balaban J connectivity index is 1.12. The molecule has 1 aliphatic carbocycles. The van der Waals surface area contributed by atoms with Gasteiger partial charge in [0.1, 0.15) is 0 Å². The lowest BCUT2D eigenvalue weighted by Gasteiger charge is -2.35. The SMILES string of the molecule is c1ccc(N(c2ccccc2)c2ccc(C3(c4ccc(N(c5ccccc5)c5ccccc5)cc4)c4ccccc4-c4c3ccc3c4Oc4ccccc4O3)cc2)cc1. The first-order valence-corrected chi connectivity index (χ1v) is 20.0. The molecule has 0 N–H and O–H groups in total. The molecule has 0 unspecified atom stereocenters. The lowest BCUT2D eigenvalue weighted by molar-refractivity contribution is 0.360. The predicted octanol–water partition coefficient (Wildman–Crippen LogP) is 14.9. The van der Waals surface area contributed by atoms with Gasteiger partial charge in [-0.05, 0) is 119 Å². The highest BCUT2D eigenvalue weighted by Crippen LogP contribution is 2.62. The zero-order chi connectivity index (χ0) is 39.2. The summed E-state index contributed by atoms with van der Waals surface area (Å²) >= 11 is 0. The topological polar surface area (TPSA) is 24.9 Å². The summed E-state index contributed by atoms with van der Waals surface area (Å²) in [4.78, 5) is 4.62. The van der Waals surface area contributed by atoms with Crippen LogP contribution in [0.15, 0.2) is 231 Å². The van der Waals surface area contributed by atoms with E-state index in [9.17, 15) is 0 Å². The Labute approximate surface area is 344 Å². The molecule has 0 radical (unpaired) electrons. The summed E-state index contributed by atoms with van der Waals surface area (Å²) in [6.45, 7) is 0. The zero-order valence-electron chi connectivity index (χ0n) is 32.2. The second-order valence-corrected chi connectivity index (χ2v) is 14.9. The number of ether oxygens (including phenoxy) is 2. The summed E-state index contributed by atoms with van der Waals surface area (Å²) in [5.74, 6) is 2.87. The molecule has 4 nitrogen and oxygen atoms in total. The molecule has 1 heterocycles. The largest absolute Gasteiger partial charge is 0.449 e. The fraction of sp³-hybridized carbons (Fsp3) is 0.0182. The number of hydrogen-bond donors (Lipinski definition) is 0. The van der Waals surface area contributed by atoms with Crippen LogP contribution in [0.4, 0.5) is 34.1 Å². The smallest absolute Gasteiger partial charge is 0.178 e. The fourth-order valence-corrected chi connectivity index (χ4v) is 9.06. The number of para-hydroxylation sites is 6. The van der Waals surface area contributed by atoms with E-state index in [1.165, 1.54) is 5.56 Å². The number of hydrogen-bond acceptors (Lipinski definition) is 4. The maximum atomic E-state index is 6.80. The van der Waals surface area contributed by atoms with Crippen molar-refractivity contribution in [2.24, 2.45) is 0 Å². The Bertz CT molecular complexity index is 2710. The molecule has 0 spiro atoms. The van der Waals surface area contributed by atoms with Crippen molar-refractivity contribution in [1.82, 2.24) is 0 Å². The predicted molar refractivity (Wildman–Crippen MR) is 240 cm³/mol. The second-order valence-electron chi connectivity index (χ2n) is 14.9. The minimum Gasteiger partial charge on any atom is -0.449 e. The summed E-state index contributed by atoms with van der Waals surface area (Å²) in [6.07, 6.45) is 0. The summed E-state index contributed by atoms with van der Waals surface area (Å²) in [5.41, 5.74) is 12.7. The van der Waals surface area contributed by atoms with Crippen molar-refractivity contribution >= 4 is 34.1 Å². The highest BCUT2D eigenvalue weighted by atomic mass is 16.6. The van der Waals surface area contributed by atoms with Crippen LogP contribution in [-0.4, -0.2) is 0 Å². The summed E-state index contributed by atoms with van der Waals surface area (Å²) in [7, 11) is 0. The Morgan fingerprint density at radius 3 is 1.15 bits per heavy atom. The third-order valence-corrected chi connectivity index (χ3v) is 11.6. The third-order valence-electron chi connectivity index (χ3n) is 11.6. The van der Waals surface area contributed by atoms with E-state index in [0.29, 0.717) is 17.2 Å². The van der Waals surface area contributed by atoms with E-state index in [2.05, 4.69) is 216 Å². The van der Waals surface area contributed by atoms with Gasteiger partial charge in [-0.3, -0.25) is 0 Å². The number of benzene rings is 9. The van der Waals surface area contributed by atoms with E-state index in [1.807, 2.05) is 24.3 Å². The van der Waals surface area contributed by atoms with Crippen LogP contribution >= 0.6 is 0 Å². The van der Waals surface area contributed by atoms with Gasteiger partial charge in [0, 0.05) is 39.7 Å². The van der Waals surface area contributed by atoms with Crippen LogP contribution in [-0.2, 0) is 5.41 Å². The molecule has 0 bridgehead atoms. The van der Waals surface area contributed by atoms with E-state index in [4.69, 9.17) is 9.47 Å². The molecule has 59 heavy (non-hydrogen) atoms. The molecule has 0 aromatic heterocycles. The molecular weight excluding hydrogens is 721 g/mol. The molecule has 0 saturated carbocycles. The molecule has 0 fully saturated rings. The highest BCUT2D eigenvalue weighted by molar-refractivity contribution is 5.92. The van der Waals surface area contributed by atoms with E-state index < -0.39 is 5.41 Å². The van der Waals surface area contributed by atoms with Crippen LogP contribution in [0, 0.1) is 0 Å². The van der Waals surface area contributed by atoms with Crippen molar-refractivity contribution in [2.45, 2.75) is 5.41 Å². The summed E-state index contributed by atoms with van der Waals surface area (Å²) in [6, 6.07) is 81.5. The fourth-order valence-electron chi connectivity index (χ4n) is 9.06. The quantitative estimate of drug-likeness (QED) is 0.154. The molecule has 9 aromatic rings. The van der Waals surface area contributed by atoms with Crippen LogP contribution in [0.3, 0.4) is 0 Å². The monoisotopic (exact) mass is 758 g/mol. The molecule has 2 aliphatic rings. The van der Waals surface area contributed by atoms with Gasteiger partial charge in [-0.1, -0.05) is 140 Å². The molecule has 9 aromatic carbocycles. The molecule has 0 saturated heterocycles. The maximum absolute atomic E-state index is 6.80. The Hall–Kier alpha value is -7.82.